The Labute approximate surface area is 164 Å². The van der Waals surface area contributed by atoms with Crippen molar-refractivity contribution in [1.29, 1.82) is 0 Å². The molecule has 0 spiro atoms. The predicted octanol–water partition coefficient (Wildman–Crippen LogP) is 4.13. The van der Waals surface area contributed by atoms with E-state index in [0.717, 1.165) is 16.7 Å². The molecule has 1 heterocycles. The van der Waals surface area contributed by atoms with Gasteiger partial charge in [0.05, 0.1) is 22.7 Å². The molecule has 3 rings (SSSR count). The standard InChI is InChI=1S/C19H14ClNO5S/c1-25-17(22)11-26-13-8-6-12(7-9-13)10-16-18(23)21(19(24)27-16)15-5-3-2-4-14(15)20/h2-10H,11H2,1H3/b16-10+. The summed E-state index contributed by atoms with van der Waals surface area (Å²) < 4.78 is 9.77. The summed E-state index contributed by atoms with van der Waals surface area (Å²) >= 11 is 6.95. The van der Waals surface area contributed by atoms with Crippen molar-refractivity contribution < 1.29 is 23.9 Å². The van der Waals surface area contributed by atoms with Gasteiger partial charge in [-0.05, 0) is 47.7 Å². The van der Waals surface area contributed by atoms with Crippen LogP contribution in [-0.4, -0.2) is 30.8 Å². The molecule has 1 aliphatic heterocycles. The highest BCUT2D eigenvalue weighted by Crippen LogP contribution is 2.38. The van der Waals surface area contributed by atoms with Gasteiger partial charge < -0.3 is 9.47 Å². The molecule has 0 aromatic heterocycles. The molecule has 138 valence electrons. The molecule has 8 heteroatoms. The van der Waals surface area contributed by atoms with E-state index in [1.807, 2.05) is 0 Å². The minimum Gasteiger partial charge on any atom is -0.482 e. The van der Waals surface area contributed by atoms with Crippen LogP contribution in [0.4, 0.5) is 10.5 Å². The fraction of sp³-hybridized carbons (Fsp3) is 0.105. The average Bonchev–Trinajstić information content (AvgIpc) is 2.94. The van der Waals surface area contributed by atoms with Crippen molar-refractivity contribution in [3.63, 3.8) is 0 Å². The van der Waals surface area contributed by atoms with Gasteiger partial charge in [-0.3, -0.25) is 9.59 Å². The van der Waals surface area contributed by atoms with E-state index in [4.69, 9.17) is 16.3 Å². The van der Waals surface area contributed by atoms with Crippen LogP contribution in [0.25, 0.3) is 6.08 Å². The Balaban J connectivity index is 1.76. The van der Waals surface area contributed by atoms with E-state index in [-0.39, 0.29) is 6.61 Å². The van der Waals surface area contributed by atoms with Crippen LogP contribution in [0, 0.1) is 0 Å². The van der Waals surface area contributed by atoms with Crippen LogP contribution in [0.3, 0.4) is 0 Å². The zero-order chi connectivity index (χ0) is 19.4. The predicted molar refractivity (Wildman–Crippen MR) is 104 cm³/mol. The van der Waals surface area contributed by atoms with E-state index in [1.54, 1.807) is 54.6 Å². The number of hydrogen-bond acceptors (Lipinski definition) is 6. The van der Waals surface area contributed by atoms with Gasteiger partial charge in [0.25, 0.3) is 11.1 Å². The van der Waals surface area contributed by atoms with Gasteiger partial charge in [0.15, 0.2) is 6.61 Å². The number of para-hydroxylation sites is 1. The molecule has 6 nitrogen and oxygen atoms in total. The number of imide groups is 1. The zero-order valence-electron chi connectivity index (χ0n) is 14.2. The van der Waals surface area contributed by atoms with Gasteiger partial charge in [-0.25, -0.2) is 9.69 Å². The van der Waals surface area contributed by atoms with Crippen molar-refractivity contribution in [2.75, 3.05) is 18.6 Å². The Hall–Kier alpha value is -2.77. The fourth-order valence-corrected chi connectivity index (χ4v) is 3.38. The second-order valence-corrected chi connectivity index (χ2v) is 6.80. The van der Waals surface area contributed by atoms with Crippen molar-refractivity contribution in [2.24, 2.45) is 0 Å². The first-order valence-corrected chi connectivity index (χ1v) is 9.01. The van der Waals surface area contributed by atoms with Crippen molar-refractivity contribution >= 4 is 52.2 Å². The SMILES string of the molecule is COC(=O)COc1ccc(/C=C2/SC(=O)N(c3ccccc3Cl)C2=O)cc1. The van der Waals surface area contributed by atoms with Gasteiger partial charge in [0.1, 0.15) is 5.75 Å². The number of carbonyl (C=O) groups is 3. The molecule has 0 unspecified atom stereocenters. The van der Waals surface area contributed by atoms with E-state index in [0.29, 0.717) is 26.9 Å². The lowest BCUT2D eigenvalue weighted by molar-refractivity contribution is -0.142. The zero-order valence-corrected chi connectivity index (χ0v) is 15.8. The Bertz CT molecular complexity index is 926. The molecule has 1 fully saturated rings. The first-order chi connectivity index (χ1) is 13.0. The molecule has 0 aliphatic carbocycles. The maximum Gasteiger partial charge on any atom is 0.343 e. The van der Waals surface area contributed by atoms with Crippen molar-refractivity contribution in [3.05, 3.63) is 64.0 Å². The Morgan fingerprint density at radius 3 is 2.52 bits per heavy atom. The molecule has 1 saturated heterocycles. The maximum absolute atomic E-state index is 12.6. The Morgan fingerprint density at radius 2 is 1.85 bits per heavy atom. The summed E-state index contributed by atoms with van der Waals surface area (Å²) in [5, 5.41) is -0.0782. The van der Waals surface area contributed by atoms with Crippen LogP contribution >= 0.6 is 23.4 Å². The van der Waals surface area contributed by atoms with Crippen molar-refractivity contribution in [2.45, 2.75) is 0 Å². The highest BCUT2D eigenvalue weighted by Gasteiger charge is 2.37. The minimum absolute atomic E-state index is 0.188. The van der Waals surface area contributed by atoms with Gasteiger partial charge >= 0.3 is 5.97 Å². The van der Waals surface area contributed by atoms with Crippen LogP contribution < -0.4 is 9.64 Å². The first-order valence-electron chi connectivity index (χ1n) is 7.82. The lowest BCUT2D eigenvalue weighted by Crippen LogP contribution is -2.27. The van der Waals surface area contributed by atoms with Crippen molar-refractivity contribution in [1.82, 2.24) is 0 Å². The summed E-state index contributed by atoms with van der Waals surface area (Å²) in [5.41, 5.74) is 1.07. The lowest BCUT2D eigenvalue weighted by Gasteiger charge is -2.13. The topological polar surface area (TPSA) is 72.9 Å². The Morgan fingerprint density at radius 1 is 1.15 bits per heavy atom. The van der Waals surface area contributed by atoms with Gasteiger partial charge in [0, 0.05) is 0 Å². The van der Waals surface area contributed by atoms with Gasteiger partial charge in [0.2, 0.25) is 0 Å². The monoisotopic (exact) mass is 403 g/mol. The number of halogens is 1. The number of amides is 2. The second kappa shape index (κ2) is 8.28. The molecule has 2 aromatic carbocycles. The number of benzene rings is 2. The molecule has 0 N–H and O–H groups in total. The first kappa shape index (κ1) is 19.0. The number of carbonyl (C=O) groups excluding carboxylic acids is 3. The van der Waals surface area contributed by atoms with E-state index in [9.17, 15) is 14.4 Å². The van der Waals surface area contributed by atoms with Crippen LogP contribution in [0.2, 0.25) is 5.02 Å². The van der Waals surface area contributed by atoms with Crippen molar-refractivity contribution in [3.8, 4) is 5.75 Å². The number of esters is 1. The largest absolute Gasteiger partial charge is 0.482 e. The summed E-state index contributed by atoms with van der Waals surface area (Å²) in [6.07, 6.45) is 1.62. The normalized spacial score (nSPS) is 15.3. The number of nitrogens with zero attached hydrogens (tertiary/aromatic N) is 1. The summed E-state index contributed by atoms with van der Waals surface area (Å²) in [6.45, 7) is -0.188. The summed E-state index contributed by atoms with van der Waals surface area (Å²) in [6, 6.07) is 13.4. The quantitative estimate of drug-likeness (QED) is 0.552. The maximum atomic E-state index is 12.6. The van der Waals surface area contributed by atoms with E-state index < -0.39 is 17.1 Å². The van der Waals surface area contributed by atoms with Crippen LogP contribution in [0.15, 0.2) is 53.4 Å². The fourth-order valence-electron chi connectivity index (χ4n) is 2.32. The molecular weight excluding hydrogens is 390 g/mol. The molecule has 0 bridgehead atoms. The number of hydrogen-bond donors (Lipinski definition) is 0. The summed E-state index contributed by atoms with van der Waals surface area (Å²) in [4.78, 5) is 37.3. The number of anilines is 1. The van der Waals surface area contributed by atoms with E-state index >= 15 is 0 Å². The molecule has 0 radical (unpaired) electrons. The Kier molecular flexibility index (Phi) is 5.83. The van der Waals surface area contributed by atoms with Crippen LogP contribution in [0.1, 0.15) is 5.56 Å². The van der Waals surface area contributed by atoms with Gasteiger partial charge in [-0.2, -0.15) is 0 Å². The average molecular weight is 404 g/mol. The smallest absolute Gasteiger partial charge is 0.343 e. The van der Waals surface area contributed by atoms with Crippen LogP contribution in [0.5, 0.6) is 5.75 Å². The molecule has 27 heavy (non-hydrogen) atoms. The summed E-state index contributed by atoms with van der Waals surface area (Å²) in [7, 11) is 1.28. The molecule has 2 aromatic rings. The van der Waals surface area contributed by atoms with Gasteiger partial charge in [-0.1, -0.05) is 35.9 Å². The third-order valence-corrected chi connectivity index (χ3v) is 4.84. The highest BCUT2D eigenvalue weighted by atomic mass is 35.5. The van der Waals surface area contributed by atoms with E-state index in [1.165, 1.54) is 7.11 Å². The highest BCUT2D eigenvalue weighted by molar-refractivity contribution is 8.19. The minimum atomic E-state index is -0.479. The molecular formula is C19H14ClNO5S. The molecule has 2 amide bonds. The lowest BCUT2D eigenvalue weighted by atomic mass is 10.2. The van der Waals surface area contributed by atoms with E-state index in [2.05, 4.69) is 4.74 Å². The second-order valence-electron chi connectivity index (χ2n) is 5.40. The summed E-state index contributed by atoms with van der Waals surface area (Å²) in [5.74, 6) is -0.418. The molecule has 0 saturated carbocycles. The van der Waals surface area contributed by atoms with Gasteiger partial charge in [-0.15, -0.1) is 0 Å². The van der Waals surface area contributed by atoms with Crippen LogP contribution in [-0.2, 0) is 14.3 Å². The number of thioether (sulfide) groups is 1. The molecule has 1 aliphatic rings. The number of methoxy groups -OCH3 is 1. The third-order valence-electron chi connectivity index (χ3n) is 3.65. The number of ether oxygens (including phenoxy) is 2. The third kappa shape index (κ3) is 4.32. The molecule has 0 atom stereocenters. The number of rotatable bonds is 5.